The zero-order valence-electron chi connectivity index (χ0n) is 27.9. The van der Waals surface area contributed by atoms with Gasteiger partial charge in [0.15, 0.2) is 0 Å². The van der Waals surface area contributed by atoms with Crippen molar-refractivity contribution in [1.82, 2.24) is 0 Å². The van der Waals surface area contributed by atoms with Gasteiger partial charge >= 0.3 is 258 Å². The molecule has 39 heavy (non-hydrogen) atoms. The van der Waals surface area contributed by atoms with Crippen LogP contribution in [-0.4, -0.2) is 67.8 Å². The molecule has 2 aromatic rings. The van der Waals surface area contributed by atoms with Crippen LogP contribution in [0.25, 0.3) is 8.81 Å². The molecule has 0 heterocycles. The molecule has 0 nitrogen and oxygen atoms in total. The van der Waals surface area contributed by atoms with Crippen LogP contribution in [0.1, 0.15) is 11.1 Å². The van der Waals surface area contributed by atoms with Gasteiger partial charge in [0.2, 0.25) is 0 Å². The Labute approximate surface area is 256 Å². The van der Waals surface area contributed by atoms with E-state index in [1.807, 2.05) is 0 Å². The Morgan fingerprint density at radius 2 is 0.846 bits per heavy atom. The Balaban J connectivity index is 2.99. The monoisotopic (exact) mass is 699 g/mol. The van der Waals surface area contributed by atoms with E-state index < -0.39 is 67.8 Å². The number of benzene rings is 2. The molecular formula is C31H57GeSi7. The van der Waals surface area contributed by atoms with Gasteiger partial charge in [0, 0.05) is 0 Å². The second-order valence-corrected chi connectivity index (χ2v) is 83.6. The molecule has 8 heteroatoms. The van der Waals surface area contributed by atoms with Gasteiger partial charge in [0.05, 0.1) is 0 Å². The van der Waals surface area contributed by atoms with E-state index >= 15 is 0 Å². The summed E-state index contributed by atoms with van der Waals surface area (Å²) in [5.41, 5.74) is 9.07. The van der Waals surface area contributed by atoms with Gasteiger partial charge in [-0.05, 0) is 0 Å². The zero-order valence-corrected chi connectivity index (χ0v) is 37.0. The third-order valence-electron chi connectivity index (χ3n) is 8.25. The van der Waals surface area contributed by atoms with Crippen molar-refractivity contribution in [2.24, 2.45) is 0 Å². The summed E-state index contributed by atoms with van der Waals surface area (Å²) in [7, 11) is -7.31. The maximum atomic E-state index is 3.11. The summed E-state index contributed by atoms with van der Waals surface area (Å²) in [4.78, 5) is 0. The van der Waals surface area contributed by atoms with E-state index in [2.05, 4.69) is 170 Å². The molecule has 0 aliphatic heterocycles. The van der Waals surface area contributed by atoms with Gasteiger partial charge in [-0.3, -0.25) is 0 Å². The normalized spacial score (nSPS) is 15.2. The molecule has 0 spiro atoms. The van der Waals surface area contributed by atoms with Gasteiger partial charge in [0.25, 0.3) is 0 Å². The van der Waals surface area contributed by atoms with E-state index in [0.29, 0.717) is 0 Å². The van der Waals surface area contributed by atoms with Crippen molar-refractivity contribution in [2.75, 3.05) is 0 Å². The molecule has 0 unspecified atom stereocenters. The predicted octanol–water partition coefficient (Wildman–Crippen LogP) is 9.88. The van der Waals surface area contributed by atoms with Crippen LogP contribution in [0.5, 0.6) is 0 Å². The van der Waals surface area contributed by atoms with E-state index in [9.17, 15) is 0 Å². The molecule has 2 rings (SSSR count). The van der Waals surface area contributed by atoms with Crippen molar-refractivity contribution in [3.05, 3.63) is 83.2 Å². The van der Waals surface area contributed by atoms with Crippen molar-refractivity contribution < 1.29 is 0 Å². The van der Waals surface area contributed by atoms with E-state index in [1.165, 1.54) is 11.1 Å². The van der Waals surface area contributed by atoms with Crippen LogP contribution in [0.2, 0.25) is 98.2 Å². The summed E-state index contributed by atoms with van der Waals surface area (Å²) in [6.07, 6.45) is 0. The molecular weight excluding hydrogens is 642 g/mol. The Kier molecular flexibility index (Phi) is 11.4. The van der Waals surface area contributed by atoms with Crippen molar-refractivity contribution in [1.29, 1.82) is 0 Å². The van der Waals surface area contributed by atoms with Gasteiger partial charge in [-0.1, -0.05) is 0 Å². The second-order valence-electron chi connectivity index (χ2n) is 16.4. The fraction of sp³-hybridized carbons (Fsp3) is 0.484. The molecule has 0 saturated heterocycles. The van der Waals surface area contributed by atoms with Crippen molar-refractivity contribution in [3.63, 3.8) is 0 Å². The van der Waals surface area contributed by atoms with E-state index in [4.69, 9.17) is 0 Å². The fourth-order valence-electron chi connectivity index (χ4n) is 7.71. The van der Waals surface area contributed by atoms with Crippen LogP contribution >= 0.6 is 0 Å². The van der Waals surface area contributed by atoms with Crippen LogP contribution in [0.15, 0.2) is 72.1 Å². The van der Waals surface area contributed by atoms with Gasteiger partial charge in [-0.25, -0.2) is 0 Å². The van der Waals surface area contributed by atoms with E-state index in [-0.39, 0.29) is 0 Å². The van der Waals surface area contributed by atoms with Gasteiger partial charge in [-0.15, -0.1) is 0 Å². The minimum absolute atomic E-state index is 0.501. The van der Waals surface area contributed by atoms with Crippen LogP contribution < -0.4 is 0 Å². The summed E-state index contributed by atoms with van der Waals surface area (Å²) < 4.78 is 3.49. The summed E-state index contributed by atoms with van der Waals surface area (Å²) in [6, 6.07) is 23.2. The Morgan fingerprint density at radius 1 is 0.513 bits per heavy atom. The molecule has 0 N–H and O–H groups in total. The topological polar surface area (TPSA) is 0 Å². The molecule has 0 fully saturated rings. The Morgan fingerprint density at radius 3 is 1.15 bits per heavy atom. The summed E-state index contributed by atoms with van der Waals surface area (Å²) in [6.45, 7) is 38.9. The summed E-state index contributed by atoms with van der Waals surface area (Å²) in [5, 5.41) is 0. The first kappa shape index (κ1) is 35.2. The molecule has 3 radical (unpaired) electrons. The average molecular weight is 699 g/mol. The standard InChI is InChI=1S/C31H57GeSi7/c1-34(2,3)33(35(4,5)6)26-30(28-22-18-16-19-23-28)32-31(29-24-20-17-21-25-29)27-39(36(7,8)9,37(10,11)12)38(13,14)15/h16-27H,1-15H3/b30-26-,31-27+. The van der Waals surface area contributed by atoms with E-state index in [0.717, 1.165) is 0 Å². The van der Waals surface area contributed by atoms with Crippen molar-refractivity contribution in [3.8, 4) is 0 Å². The molecule has 0 aliphatic rings. The molecule has 0 atom stereocenters. The van der Waals surface area contributed by atoms with Crippen molar-refractivity contribution in [2.45, 2.75) is 98.2 Å². The fourth-order valence-corrected chi connectivity index (χ4v) is 146. The Hall–Kier alpha value is -0.0190. The van der Waals surface area contributed by atoms with Crippen LogP contribution in [0.4, 0.5) is 0 Å². The minimum atomic E-state index is -1.64. The molecule has 0 bridgehead atoms. The number of hydrogen-bond acceptors (Lipinski definition) is 0. The van der Waals surface area contributed by atoms with Crippen LogP contribution in [0, 0.1) is 0 Å². The molecule has 2 aromatic carbocycles. The maximum absolute atomic E-state index is 3.11. The van der Waals surface area contributed by atoms with Crippen molar-refractivity contribution >= 4 is 76.7 Å². The van der Waals surface area contributed by atoms with Crippen LogP contribution in [-0.2, 0) is 0 Å². The predicted molar refractivity (Wildman–Crippen MR) is 203 cm³/mol. The molecule has 0 aromatic heterocycles. The number of hydrogen-bond donors (Lipinski definition) is 0. The van der Waals surface area contributed by atoms with Gasteiger partial charge in [0.1, 0.15) is 0 Å². The first-order valence-corrected chi connectivity index (χ1v) is 43.0. The van der Waals surface area contributed by atoms with E-state index in [1.54, 1.807) is 8.81 Å². The third kappa shape index (κ3) is 8.52. The average Bonchev–Trinajstić information content (AvgIpc) is 2.75. The quantitative estimate of drug-likeness (QED) is 0.205. The third-order valence-corrected chi connectivity index (χ3v) is 111. The first-order chi connectivity index (χ1) is 17.5. The molecule has 0 aliphatic carbocycles. The molecule has 0 saturated carbocycles. The Bertz CT molecular complexity index is 1090. The molecule has 0 amide bonds. The van der Waals surface area contributed by atoms with Gasteiger partial charge < -0.3 is 0 Å². The summed E-state index contributed by atoms with van der Waals surface area (Å²) >= 11 is -0.501. The SMILES string of the molecule is C[Si](C)(C)[Si](/C=[C](\[Ge]/[C](=C/[Si]([Si](C)(C)C)([Si](C)(C)C)[Si](C)(C)C)c1ccccc1)c1ccccc1)[Si](C)(C)C. The zero-order chi connectivity index (χ0) is 30.1. The second kappa shape index (κ2) is 12.7. The first-order valence-electron chi connectivity index (χ1n) is 14.7. The number of rotatable bonds is 11. The van der Waals surface area contributed by atoms with Gasteiger partial charge in [-0.2, -0.15) is 0 Å². The molecule has 213 valence electrons. The summed E-state index contributed by atoms with van der Waals surface area (Å²) in [5.74, 6) is 0. The van der Waals surface area contributed by atoms with Crippen LogP contribution in [0.3, 0.4) is 0 Å².